The Morgan fingerprint density at radius 1 is 1.44 bits per heavy atom. The Bertz CT molecular complexity index is 420. The molecule has 1 rings (SSSR count). The maximum atomic E-state index is 12.2. The highest BCUT2D eigenvalue weighted by Gasteiger charge is 2.33. The zero-order valence-corrected chi connectivity index (χ0v) is 11.2. The number of aromatic hydroxyl groups is 1. The molecule has 5 nitrogen and oxygen atoms in total. The van der Waals surface area contributed by atoms with Crippen molar-refractivity contribution in [3.05, 3.63) is 17.8 Å². The van der Waals surface area contributed by atoms with Gasteiger partial charge < -0.3 is 16.2 Å². The molecule has 18 heavy (non-hydrogen) atoms. The van der Waals surface area contributed by atoms with E-state index in [0.29, 0.717) is 12.8 Å². The molecule has 0 aliphatic rings. The summed E-state index contributed by atoms with van der Waals surface area (Å²) in [6.07, 6.45) is 1.30. The fraction of sp³-hybridized carbons (Fsp3) is 0.538. The van der Waals surface area contributed by atoms with Gasteiger partial charge in [-0.1, -0.05) is 13.8 Å². The number of amides is 1. The van der Waals surface area contributed by atoms with Gasteiger partial charge in [-0.05, 0) is 31.9 Å². The summed E-state index contributed by atoms with van der Waals surface area (Å²) < 4.78 is 0. The van der Waals surface area contributed by atoms with Gasteiger partial charge in [0.1, 0.15) is 0 Å². The predicted molar refractivity (Wildman–Crippen MR) is 71.3 cm³/mol. The third kappa shape index (κ3) is 2.79. The summed E-state index contributed by atoms with van der Waals surface area (Å²) in [5, 5.41) is 12.3. The van der Waals surface area contributed by atoms with Gasteiger partial charge in [0.15, 0.2) is 11.6 Å². The van der Waals surface area contributed by atoms with E-state index < -0.39 is 5.41 Å². The summed E-state index contributed by atoms with van der Waals surface area (Å²) in [4.78, 5) is 16.4. The molecule has 4 N–H and O–H groups in total. The van der Waals surface area contributed by atoms with E-state index in [9.17, 15) is 9.90 Å². The van der Waals surface area contributed by atoms with E-state index >= 15 is 0 Å². The molecule has 0 aromatic carbocycles. The molecule has 0 atom stereocenters. The largest absolute Gasteiger partial charge is 0.504 e. The monoisotopic (exact) mass is 251 g/mol. The van der Waals surface area contributed by atoms with Gasteiger partial charge in [-0.3, -0.25) is 4.79 Å². The first-order valence-electron chi connectivity index (χ1n) is 6.17. The third-order valence-corrected chi connectivity index (χ3v) is 3.47. The number of carbonyl (C=O) groups excluding carboxylic acids is 1. The Morgan fingerprint density at radius 3 is 2.56 bits per heavy atom. The van der Waals surface area contributed by atoms with Crippen molar-refractivity contribution in [2.45, 2.75) is 33.6 Å². The summed E-state index contributed by atoms with van der Waals surface area (Å²) >= 11 is 0. The molecule has 1 aromatic rings. The van der Waals surface area contributed by atoms with E-state index in [-0.39, 0.29) is 24.0 Å². The van der Waals surface area contributed by atoms with Crippen LogP contribution < -0.4 is 11.1 Å². The van der Waals surface area contributed by atoms with Crippen LogP contribution >= 0.6 is 0 Å². The van der Waals surface area contributed by atoms with Crippen molar-refractivity contribution < 1.29 is 9.90 Å². The maximum absolute atomic E-state index is 12.2. The van der Waals surface area contributed by atoms with Crippen LogP contribution in [0.15, 0.2) is 12.1 Å². The molecule has 0 radical (unpaired) electrons. The summed E-state index contributed by atoms with van der Waals surface area (Å²) in [7, 11) is 0. The molecular weight excluding hydrogens is 230 g/mol. The van der Waals surface area contributed by atoms with Gasteiger partial charge in [0, 0.05) is 12.2 Å². The highest BCUT2D eigenvalue weighted by Crippen LogP contribution is 2.28. The number of rotatable bonds is 5. The Labute approximate surface area is 107 Å². The average molecular weight is 251 g/mol. The van der Waals surface area contributed by atoms with Crippen LogP contribution in [0.25, 0.3) is 0 Å². The van der Waals surface area contributed by atoms with Crippen LogP contribution in [0.1, 0.15) is 32.4 Å². The van der Waals surface area contributed by atoms with Gasteiger partial charge in [0.25, 0.3) is 0 Å². The minimum atomic E-state index is -0.599. The number of aromatic nitrogens is 1. The van der Waals surface area contributed by atoms with Crippen LogP contribution in [0.4, 0.5) is 5.82 Å². The highest BCUT2D eigenvalue weighted by atomic mass is 16.3. The van der Waals surface area contributed by atoms with Crippen LogP contribution in [0.2, 0.25) is 0 Å². The van der Waals surface area contributed by atoms with E-state index in [2.05, 4.69) is 10.3 Å². The number of anilines is 1. The van der Waals surface area contributed by atoms with Crippen LogP contribution in [-0.4, -0.2) is 22.5 Å². The molecule has 1 heterocycles. The third-order valence-electron chi connectivity index (χ3n) is 3.47. The van der Waals surface area contributed by atoms with E-state index in [1.807, 2.05) is 13.8 Å². The fourth-order valence-electron chi connectivity index (χ4n) is 1.83. The number of carbonyl (C=O) groups is 1. The molecular formula is C13H21N3O2. The maximum Gasteiger partial charge on any atom is 0.233 e. The van der Waals surface area contributed by atoms with Crippen LogP contribution in [0.3, 0.4) is 0 Å². The topological polar surface area (TPSA) is 88.2 Å². The van der Waals surface area contributed by atoms with Crippen molar-refractivity contribution in [1.82, 2.24) is 4.98 Å². The minimum Gasteiger partial charge on any atom is -0.504 e. The van der Waals surface area contributed by atoms with Gasteiger partial charge in [-0.2, -0.15) is 0 Å². The predicted octanol–water partition coefficient (Wildman–Crippen LogP) is 1.80. The summed E-state index contributed by atoms with van der Waals surface area (Å²) in [5.41, 5.74) is 5.84. The number of nitrogens with one attached hydrogen (secondary N) is 1. The SMILES string of the molecule is CCC(CC)(CN)C(=O)Nc1nc(C)ccc1O. The normalized spacial score (nSPS) is 11.3. The number of aryl methyl sites for hydroxylation is 1. The van der Waals surface area contributed by atoms with Crippen LogP contribution in [0.5, 0.6) is 5.75 Å². The quantitative estimate of drug-likeness (QED) is 0.744. The summed E-state index contributed by atoms with van der Waals surface area (Å²) in [5.74, 6) is -0.0322. The molecule has 0 spiro atoms. The van der Waals surface area contributed by atoms with Crippen LogP contribution in [-0.2, 0) is 4.79 Å². The standard InChI is InChI=1S/C13H21N3O2/c1-4-13(5-2,8-14)12(18)16-11-10(17)7-6-9(3)15-11/h6-7,17H,4-5,8,14H2,1-3H3,(H,15,16,18). The second kappa shape index (κ2) is 5.82. The lowest BCUT2D eigenvalue weighted by molar-refractivity contribution is -0.125. The van der Waals surface area contributed by atoms with Crippen LogP contribution in [0, 0.1) is 12.3 Å². The molecule has 0 fully saturated rings. The molecule has 1 amide bonds. The minimum absolute atomic E-state index is 0.0351. The molecule has 0 saturated carbocycles. The average Bonchev–Trinajstić information content (AvgIpc) is 2.37. The number of pyridine rings is 1. The fourth-order valence-corrected chi connectivity index (χ4v) is 1.83. The molecule has 0 aliphatic carbocycles. The second-order valence-corrected chi connectivity index (χ2v) is 4.47. The molecule has 100 valence electrons. The second-order valence-electron chi connectivity index (χ2n) is 4.47. The summed E-state index contributed by atoms with van der Waals surface area (Å²) in [6, 6.07) is 3.20. The number of nitrogens with zero attached hydrogens (tertiary/aromatic N) is 1. The van der Waals surface area contributed by atoms with Crippen molar-refractivity contribution in [1.29, 1.82) is 0 Å². The van der Waals surface area contributed by atoms with Gasteiger partial charge in [-0.15, -0.1) is 0 Å². The zero-order chi connectivity index (χ0) is 13.8. The molecule has 1 aromatic heterocycles. The first-order valence-corrected chi connectivity index (χ1v) is 6.17. The lowest BCUT2D eigenvalue weighted by Gasteiger charge is -2.28. The smallest absolute Gasteiger partial charge is 0.233 e. The zero-order valence-electron chi connectivity index (χ0n) is 11.2. The lowest BCUT2D eigenvalue weighted by atomic mass is 9.81. The lowest BCUT2D eigenvalue weighted by Crippen LogP contribution is -2.41. The molecule has 5 heteroatoms. The van der Waals surface area contributed by atoms with Crippen molar-refractivity contribution in [2.24, 2.45) is 11.1 Å². The van der Waals surface area contributed by atoms with Gasteiger partial charge in [0.05, 0.1) is 5.41 Å². The Morgan fingerprint density at radius 2 is 2.06 bits per heavy atom. The summed E-state index contributed by atoms with van der Waals surface area (Å²) in [6.45, 7) is 5.93. The molecule has 0 unspecified atom stereocenters. The molecule has 0 saturated heterocycles. The van der Waals surface area contributed by atoms with Crippen molar-refractivity contribution in [2.75, 3.05) is 11.9 Å². The number of hydrogen-bond acceptors (Lipinski definition) is 4. The van der Waals surface area contributed by atoms with E-state index in [4.69, 9.17) is 5.73 Å². The first-order chi connectivity index (χ1) is 8.49. The molecule has 0 bridgehead atoms. The van der Waals surface area contributed by atoms with Crippen molar-refractivity contribution in [3.63, 3.8) is 0 Å². The van der Waals surface area contributed by atoms with E-state index in [0.717, 1.165) is 5.69 Å². The van der Waals surface area contributed by atoms with Gasteiger partial charge in [-0.25, -0.2) is 4.98 Å². The first kappa shape index (κ1) is 14.4. The number of hydrogen-bond donors (Lipinski definition) is 3. The van der Waals surface area contributed by atoms with Crippen molar-refractivity contribution in [3.8, 4) is 5.75 Å². The van der Waals surface area contributed by atoms with Gasteiger partial charge in [0.2, 0.25) is 5.91 Å². The number of nitrogens with two attached hydrogens (primary N) is 1. The van der Waals surface area contributed by atoms with Crippen molar-refractivity contribution >= 4 is 11.7 Å². The Balaban J connectivity index is 2.96. The highest BCUT2D eigenvalue weighted by molar-refractivity contribution is 5.95. The molecule has 0 aliphatic heterocycles. The Kier molecular flexibility index (Phi) is 4.67. The Hall–Kier alpha value is -1.62. The van der Waals surface area contributed by atoms with E-state index in [1.165, 1.54) is 6.07 Å². The van der Waals surface area contributed by atoms with Gasteiger partial charge >= 0.3 is 0 Å². The van der Waals surface area contributed by atoms with E-state index in [1.54, 1.807) is 13.0 Å².